The second-order valence-electron chi connectivity index (χ2n) is 5.86. The molecule has 1 saturated heterocycles. The van der Waals surface area contributed by atoms with Crippen molar-refractivity contribution in [1.82, 2.24) is 10.6 Å². The minimum Gasteiger partial charge on any atom is -0.347 e. The van der Waals surface area contributed by atoms with Gasteiger partial charge in [-0.1, -0.05) is 25.3 Å². The van der Waals surface area contributed by atoms with E-state index in [9.17, 15) is 4.79 Å². The first kappa shape index (κ1) is 14.9. The minimum atomic E-state index is 0.0356. The summed E-state index contributed by atoms with van der Waals surface area (Å²) < 4.78 is 0. The van der Waals surface area contributed by atoms with Crippen LogP contribution in [-0.2, 0) is 4.79 Å². The molecule has 3 nitrogen and oxygen atoms in total. The number of rotatable bonds is 6. The van der Waals surface area contributed by atoms with Crippen LogP contribution in [0.4, 0.5) is 0 Å². The van der Waals surface area contributed by atoms with Crippen molar-refractivity contribution >= 4 is 17.7 Å². The Labute approximate surface area is 121 Å². The molecule has 0 aromatic heterocycles. The Morgan fingerprint density at radius 1 is 1.37 bits per heavy atom. The van der Waals surface area contributed by atoms with Crippen LogP contribution in [0.1, 0.15) is 39.5 Å². The molecule has 3 unspecified atom stereocenters. The van der Waals surface area contributed by atoms with Crippen molar-refractivity contribution in [3.8, 4) is 0 Å². The highest BCUT2D eigenvalue weighted by molar-refractivity contribution is 7.99. The largest absolute Gasteiger partial charge is 0.347 e. The van der Waals surface area contributed by atoms with Gasteiger partial charge in [-0.15, -0.1) is 0 Å². The molecule has 108 valence electrons. The second-order valence-corrected chi connectivity index (χ2v) is 6.93. The van der Waals surface area contributed by atoms with Crippen molar-refractivity contribution in [2.24, 2.45) is 5.92 Å². The second kappa shape index (κ2) is 7.34. The number of hydrogen-bond acceptors (Lipinski definition) is 3. The zero-order chi connectivity index (χ0) is 13.7. The van der Waals surface area contributed by atoms with E-state index in [-0.39, 0.29) is 11.9 Å². The Morgan fingerprint density at radius 2 is 2.11 bits per heavy atom. The first-order chi connectivity index (χ1) is 9.19. The van der Waals surface area contributed by atoms with Crippen molar-refractivity contribution < 1.29 is 4.79 Å². The van der Waals surface area contributed by atoms with E-state index in [1.807, 2.05) is 18.7 Å². The molecule has 1 aliphatic carbocycles. The van der Waals surface area contributed by atoms with Gasteiger partial charge in [0.25, 0.3) is 0 Å². The molecule has 0 spiro atoms. The van der Waals surface area contributed by atoms with E-state index in [2.05, 4.69) is 17.6 Å². The van der Waals surface area contributed by atoms with E-state index in [1.165, 1.54) is 25.7 Å². The van der Waals surface area contributed by atoms with Crippen LogP contribution < -0.4 is 10.6 Å². The lowest BCUT2D eigenvalue weighted by molar-refractivity contribution is -0.117. The van der Waals surface area contributed by atoms with E-state index in [0.717, 1.165) is 17.4 Å². The molecule has 1 aliphatic heterocycles. The van der Waals surface area contributed by atoms with E-state index in [4.69, 9.17) is 0 Å². The lowest BCUT2D eigenvalue weighted by Crippen LogP contribution is -2.51. The van der Waals surface area contributed by atoms with E-state index < -0.39 is 0 Å². The van der Waals surface area contributed by atoms with Gasteiger partial charge in [-0.05, 0) is 32.3 Å². The zero-order valence-corrected chi connectivity index (χ0v) is 12.8. The highest BCUT2D eigenvalue weighted by atomic mass is 32.2. The predicted octanol–water partition coefficient (Wildman–Crippen LogP) is 2.33. The summed E-state index contributed by atoms with van der Waals surface area (Å²) in [7, 11) is 0. The van der Waals surface area contributed by atoms with Gasteiger partial charge >= 0.3 is 0 Å². The molecule has 1 heterocycles. The quantitative estimate of drug-likeness (QED) is 0.735. The van der Waals surface area contributed by atoms with Crippen molar-refractivity contribution in [2.75, 3.05) is 11.5 Å². The normalized spacial score (nSPS) is 29.4. The molecule has 2 rings (SSSR count). The van der Waals surface area contributed by atoms with Gasteiger partial charge in [0.1, 0.15) is 0 Å². The maximum absolute atomic E-state index is 11.6. The highest BCUT2D eigenvalue weighted by Gasteiger charge is 2.30. The molecule has 2 aliphatic rings. The topological polar surface area (TPSA) is 41.1 Å². The smallest absolute Gasteiger partial charge is 0.243 e. The molecule has 0 bridgehead atoms. The van der Waals surface area contributed by atoms with Crippen LogP contribution in [0.25, 0.3) is 0 Å². The molecule has 0 aromatic rings. The molecule has 4 heteroatoms. The molecule has 2 N–H and O–H groups in total. The Hall–Kier alpha value is -0.480. The zero-order valence-electron chi connectivity index (χ0n) is 12.0. The fourth-order valence-corrected chi connectivity index (χ4v) is 4.19. The lowest BCUT2D eigenvalue weighted by atomic mass is 9.81. The number of hydrogen-bond donors (Lipinski definition) is 2. The maximum atomic E-state index is 11.6. The summed E-state index contributed by atoms with van der Waals surface area (Å²) in [6.07, 6.45) is 8.92. The first-order valence-electron chi connectivity index (χ1n) is 7.46. The third-order valence-electron chi connectivity index (χ3n) is 4.14. The van der Waals surface area contributed by atoms with Crippen LogP contribution in [-0.4, -0.2) is 35.5 Å². The van der Waals surface area contributed by atoms with Gasteiger partial charge in [-0.25, -0.2) is 0 Å². The summed E-state index contributed by atoms with van der Waals surface area (Å²) in [5.41, 5.74) is 0. The van der Waals surface area contributed by atoms with Gasteiger partial charge in [-0.3, -0.25) is 4.79 Å². The van der Waals surface area contributed by atoms with Gasteiger partial charge in [0.05, 0.1) is 6.04 Å². The first-order valence-corrected chi connectivity index (χ1v) is 8.61. The molecule has 0 aromatic carbocycles. The summed E-state index contributed by atoms with van der Waals surface area (Å²) >= 11 is 1.93. The molecule has 19 heavy (non-hydrogen) atoms. The van der Waals surface area contributed by atoms with Crippen molar-refractivity contribution in [3.05, 3.63) is 12.2 Å². The standard InChI is InChI=1S/C15H26N2OS/c1-3-5-15(18)17-14-10-19-9-13(14)16-11(2)8-12-6-4-7-12/h3,5,11-14,16H,4,6-10H2,1-2H3,(H,17,18)/b5-3-. The monoisotopic (exact) mass is 282 g/mol. The van der Waals surface area contributed by atoms with Crippen LogP contribution in [0, 0.1) is 5.92 Å². The van der Waals surface area contributed by atoms with Gasteiger partial charge < -0.3 is 10.6 Å². The minimum absolute atomic E-state index is 0.0356. The number of allylic oxidation sites excluding steroid dienone is 1. The molecule has 0 radical (unpaired) electrons. The Balaban J connectivity index is 1.75. The maximum Gasteiger partial charge on any atom is 0.243 e. The van der Waals surface area contributed by atoms with Gasteiger partial charge in [0.15, 0.2) is 0 Å². The fraction of sp³-hybridized carbons (Fsp3) is 0.800. The van der Waals surface area contributed by atoms with Crippen molar-refractivity contribution in [3.63, 3.8) is 0 Å². The van der Waals surface area contributed by atoms with Crippen LogP contribution in [0.2, 0.25) is 0 Å². The Kier molecular flexibility index (Phi) is 5.76. The molecule has 1 amide bonds. The fourth-order valence-electron chi connectivity index (χ4n) is 2.91. The molecule has 2 fully saturated rings. The third-order valence-corrected chi connectivity index (χ3v) is 5.33. The number of nitrogens with one attached hydrogen (secondary N) is 2. The number of carbonyl (C=O) groups excluding carboxylic acids is 1. The van der Waals surface area contributed by atoms with E-state index in [0.29, 0.717) is 12.1 Å². The average molecular weight is 282 g/mol. The molecular formula is C15H26N2OS. The summed E-state index contributed by atoms with van der Waals surface area (Å²) in [5, 5.41) is 6.82. The summed E-state index contributed by atoms with van der Waals surface area (Å²) in [4.78, 5) is 11.6. The SMILES string of the molecule is C/C=C\C(=O)NC1CSCC1NC(C)CC1CCC1. The van der Waals surface area contributed by atoms with E-state index >= 15 is 0 Å². The molecule has 3 atom stereocenters. The number of amides is 1. The Bertz CT molecular complexity index is 328. The Morgan fingerprint density at radius 3 is 2.74 bits per heavy atom. The van der Waals surface area contributed by atoms with Crippen LogP contribution in [0.15, 0.2) is 12.2 Å². The average Bonchev–Trinajstić information content (AvgIpc) is 2.71. The van der Waals surface area contributed by atoms with E-state index in [1.54, 1.807) is 12.2 Å². The van der Waals surface area contributed by atoms with Gasteiger partial charge in [0, 0.05) is 23.6 Å². The number of carbonyl (C=O) groups is 1. The number of thioether (sulfide) groups is 1. The molecular weight excluding hydrogens is 256 g/mol. The van der Waals surface area contributed by atoms with Crippen LogP contribution >= 0.6 is 11.8 Å². The van der Waals surface area contributed by atoms with Gasteiger partial charge in [-0.2, -0.15) is 11.8 Å². The van der Waals surface area contributed by atoms with Crippen molar-refractivity contribution in [2.45, 2.75) is 57.7 Å². The van der Waals surface area contributed by atoms with Crippen LogP contribution in [0.5, 0.6) is 0 Å². The van der Waals surface area contributed by atoms with Crippen molar-refractivity contribution in [1.29, 1.82) is 0 Å². The highest BCUT2D eigenvalue weighted by Crippen LogP contribution is 2.30. The lowest BCUT2D eigenvalue weighted by Gasteiger charge is -2.31. The summed E-state index contributed by atoms with van der Waals surface area (Å²) in [5.74, 6) is 3.11. The summed E-state index contributed by atoms with van der Waals surface area (Å²) in [6, 6.07) is 1.27. The summed E-state index contributed by atoms with van der Waals surface area (Å²) in [6.45, 7) is 4.16. The molecule has 1 saturated carbocycles. The van der Waals surface area contributed by atoms with Crippen LogP contribution in [0.3, 0.4) is 0 Å². The third kappa shape index (κ3) is 4.53. The van der Waals surface area contributed by atoms with Gasteiger partial charge in [0.2, 0.25) is 5.91 Å². The predicted molar refractivity (Wildman–Crippen MR) is 82.4 cm³/mol.